The fourth-order valence-corrected chi connectivity index (χ4v) is 2.62. The first kappa shape index (κ1) is 15.9. The van der Waals surface area contributed by atoms with E-state index in [-0.39, 0.29) is 11.2 Å². The predicted molar refractivity (Wildman–Crippen MR) is 78.9 cm³/mol. The highest BCUT2D eigenvalue weighted by molar-refractivity contribution is 7.92. The van der Waals surface area contributed by atoms with Gasteiger partial charge < -0.3 is 4.90 Å². The van der Waals surface area contributed by atoms with Crippen LogP contribution in [0.15, 0.2) is 18.5 Å². The maximum atomic E-state index is 11.9. The third kappa shape index (κ3) is 5.57. The van der Waals surface area contributed by atoms with Gasteiger partial charge in [0.05, 0.1) is 17.6 Å². The van der Waals surface area contributed by atoms with E-state index in [1.807, 2.05) is 25.1 Å². The molecule has 0 atom stereocenters. The molecule has 0 aliphatic carbocycles. The lowest BCUT2D eigenvalue weighted by Gasteiger charge is -2.19. The van der Waals surface area contributed by atoms with E-state index in [1.54, 1.807) is 6.20 Å². The molecule has 1 heterocycles. The fraction of sp³-hybridized carbons (Fsp3) is 0.615. The number of anilines is 1. The van der Waals surface area contributed by atoms with Crippen LogP contribution in [0.3, 0.4) is 0 Å². The number of nitrogens with zero attached hydrogens (tertiary/aromatic N) is 2. The van der Waals surface area contributed by atoms with Crippen LogP contribution in [0.5, 0.6) is 0 Å². The lowest BCUT2D eigenvalue weighted by atomic mass is 9.88. The van der Waals surface area contributed by atoms with Crippen molar-refractivity contribution >= 4 is 15.7 Å². The summed E-state index contributed by atoms with van der Waals surface area (Å²) in [5, 5.41) is 0. The van der Waals surface area contributed by atoms with Crippen LogP contribution in [0.25, 0.3) is 0 Å². The Hall–Kier alpha value is -1.14. The summed E-state index contributed by atoms with van der Waals surface area (Å²) in [4.78, 5) is 5.93. The number of hydrogen-bond donors (Lipinski definition) is 1. The highest BCUT2D eigenvalue weighted by Crippen LogP contribution is 2.23. The molecule has 0 aromatic carbocycles. The monoisotopic (exact) mass is 285 g/mol. The van der Waals surface area contributed by atoms with E-state index in [0.717, 1.165) is 5.56 Å². The van der Waals surface area contributed by atoms with Gasteiger partial charge in [0.15, 0.2) is 0 Å². The molecule has 0 amide bonds. The minimum absolute atomic E-state index is 0.0575. The van der Waals surface area contributed by atoms with Gasteiger partial charge in [-0.1, -0.05) is 20.8 Å². The second-order valence-electron chi connectivity index (χ2n) is 5.94. The van der Waals surface area contributed by atoms with E-state index < -0.39 is 10.0 Å². The van der Waals surface area contributed by atoms with Crippen molar-refractivity contribution in [3.63, 3.8) is 0 Å². The molecule has 0 saturated heterocycles. The normalized spacial score (nSPS) is 12.7. The van der Waals surface area contributed by atoms with Crippen molar-refractivity contribution in [2.24, 2.45) is 0 Å². The zero-order chi connectivity index (χ0) is 14.7. The van der Waals surface area contributed by atoms with Crippen LogP contribution in [0.1, 0.15) is 26.3 Å². The van der Waals surface area contributed by atoms with Gasteiger partial charge in [-0.3, -0.25) is 9.71 Å². The van der Waals surface area contributed by atoms with Crippen LogP contribution in [0, 0.1) is 0 Å². The summed E-state index contributed by atoms with van der Waals surface area (Å²) in [7, 11) is 0.365. The van der Waals surface area contributed by atoms with E-state index >= 15 is 0 Å². The Labute approximate surface area is 116 Å². The van der Waals surface area contributed by atoms with Gasteiger partial charge in [0.25, 0.3) is 0 Å². The second-order valence-corrected chi connectivity index (χ2v) is 7.78. The molecule has 1 N–H and O–H groups in total. The molecule has 5 nitrogen and oxygen atoms in total. The van der Waals surface area contributed by atoms with Crippen LogP contribution in [0.4, 0.5) is 5.69 Å². The molecule has 108 valence electrons. The van der Waals surface area contributed by atoms with Crippen LogP contribution in [-0.2, 0) is 15.4 Å². The zero-order valence-corrected chi connectivity index (χ0v) is 13.1. The summed E-state index contributed by atoms with van der Waals surface area (Å²) in [6, 6.07) is 1.83. The van der Waals surface area contributed by atoms with Gasteiger partial charge in [0.2, 0.25) is 10.0 Å². The minimum atomic E-state index is -3.32. The zero-order valence-electron chi connectivity index (χ0n) is 12.3. The SMILES string of the molecule is CN(C)CCS(=O)(=O)Nc1cncc(C(C)(C)C)c1. The molecule has 1 aromatic rings. The summed E-state index contributed by atoms with van der Waals surface area (Å²) in [6.07, 6.45) is 3.29. The average Bonchev–Trinajstić information content (AvgIpc) is 2.25. The smallest absolute Gasteiger partial charge is 0.234 e. The van der Waals surface area contributed by atoms with Crippen LogP contribution < -0.4 is 4.72 Å². The Bertz CT molecular complexity index is 519. The Kier molecular flexibility index (Phi) is 4.92. The number of pyridine rings is 1. The molecular weight excluding hydrogens is 262 g/mol. The van der Waals surface area contributed by atoms with Crippen LogP contribution in [-0.4, -0.2) is 44.7 Å². The molecular formula is C13H23N3O2S. The molecule has 1 aromatic heterocycles. The Morgan fingerprint density at radius 1 is 1.26 bits per heavy atom. The fourth-order valence-electron chi connectivity index (χ4n) is 1.44. The molecule has 0 aliphatic heterocycles. The first-order valence-corrected chi connectivity index (χ1v) is 7.86. The maximum Gasteiger partial charge on any atom is 0.234 e. The molecule has 0 unspecified atom stereocenters. The molecule has 0 saturated carbocycles. The molecule has 0 fully saturated rings. The van der Waals surface area contributed by atoms with Crippen molar-refractivity contribution in [1.82, 2.24) is 9.88 Å². The largest absolute Gasteiger partial charge is 0.308 e. The van der Waals surface area contributed by atoms with E-state index in [0.29, 0.717) is 12.2 Å². The molecule has 1 rings (SSSR count). The van der Waals surface area contributed by atoms with Crippen molar-refractivity contribution in [2.45, 2.75) is 26.2 Å². The Morgan fingerprint density at radius 2 is 1.89 bits per heavy atom. The summed E-state index contributed by atoms with van der Waals surface area (Å²) in [5.41, 5.74) is 1.46. The standard InChI is InChI=1S/C13H23N3O2S/c1-13(2,3)11-8-12(10-14-9-11)15-19(17,18)7-6-16(4)5/h8-10,15H,6-7H2,1-5H3. The molecule has 19 heavy (non-hydrogen) atoms. The van der Waals surface area contributed by atoms with Crippen molar-refractivity contribution < 1.29 is 8.42 Å². The van der Waals surface area contributed by atoms with Crippen LogP contribution >= 0.6 is 0 Å². The van der Waals surface area contributed by atoms with Gasteiger partial charge in [0.1, 0.15) is 0 Å². The first-order valence-electron chi connectivity index (χ1n) is 6.21. The van der Waals surface area contributed by atoms with Crippen LogP contribution in [0.2, 0.25) is 0 Å². The second kappa shape index (κ2) is 5.88. The number of hydrogen-bond acceptors (Lipinski definition) is 4. The minimum Gasteiger partial charge on any atom is -0.308 e. The molecule has 0 spiro atoms. The number of rotatable bonds is 5. The van der Waals surface area contributed by atoms with Gasteiger partial charge in [0, 0.05) is 12.7 Å². The van der Waals surface area contributed by atoms with Gasteiger partial charge in [-0.25, -0.2) is 8.42 Å². The molecule has 6 heteroatoms. The van der Waals surface area contributed by atoms with Crippen molar-refractivity contribution in [2.75, 3.05) is 31.1 Å². The summed E-state index contributed by atoms with van der Waals surface area (Å²) in [5.74, 6) is 0.0692. The highest BCUT2D eigenvalue weighted by Gasteiger charge is 2.16. The van der Waals surface area contributed by atoms with Gasteiger partial charge in [-0.05, 0) is 31.1 Å². The van der Waals surface area contributed by atoms with E-state index in [4.69, 9.17) is 0 Å². The van der Waals surface area contributed by atoms with Crippen molar-refractivity contribution in [3.05, 3.63) is 24.0 Å². The Morgan fingerprint density at radius 3 is 2.42 bits per heavy atom. The first-order chi connectivity index (χ1) is 8.60. The maximum absolute atomic E-state index is 11.9. The molecule has 0 bridgehead atoms. The van der Waals surface area contributed by atoms with E-state index in [1.165, 1.54) is 6.20 Å². The number of nitrogens with one attached hydrogen (secondary N) is 1. The van der Waals surface area contributed by atoms with Crippen molar-refractivity contribution in [3.8, 4) is 0 Å². The van der Waals surface area contributed by atoms with E-state index in [2.05, 4.69) is 30.5 Å². The summed E-state index contributed by atoms with van der Waals surface area (Å²) < 4.78 is 26.4. The van der Waals surface area contributed by atoms with Crippen molar-refractivity contribution in [1.29, 1.82) is 0 Å². The topological polar surface area (TPSA) is 62.3 Å². The average molecular weight is 285 g/mol. The number of sulfonamides is 1. The Balaban J connectivity index is 2.83. The third-order valence-corrected chi connectivity index (χ3v) is 3.95. The lowest BCUT2D eigenvalue weighted by Crippen LogP contribution is -2.26. The van der Waals surface area contributed by atoms with Gasteiger partial charge in [-0.2, -0.15) is 0 Å². The van der Waals surface area contributed by atoms with E-state index in [9.17, 15) is 8.42 Å². The molecule has 0 radical (unpaired) electrons. The summed E-state index contributed by atoms with van der Waals surface area (Å²) in [6.45, 7) is 6.68. The quantitative estimate of drug-likeness (QED) is 0.894. The molecule has 0 aliphatic rings. The summed E-state index contributed by atoms with van der Waals surface area (Å²) >= 11 is 0. The third-order valence-electron chi connectivity index (χ3n) is 2.68. The highest BCUT2D eigenvalue weighted by atomic mass is 32.2. The lowest BCUT2D eigenvalue weighted by molar-refractivity contribution is 0.432. The van der Waals surface area contributed by atoms with Gasteiger partial charge >= 0.3 is 0 Å². The predicted octanol–water partition coefficient (Wildman–Crippen LogP) is 1.68. The van der Waals surface area contributed by atoms with Gasteiger partial charge in [-0.15, -0.1) is 0 Å². The number of aromatic nitrogens is 1.